The van der Waals surface area contributed by atoms with Gasteiger partial charge in [-0.05, 0) is 62.4 Å². The Labute approximate surface area is 185 Å². The monoisotopic (exact) mass is 437 g/mol. The van der Waals surface area contributed by atoms with E-state index in [9.17, 15) is 4.39 Å². The molecule has 4 rings (SSSR count). The van der Waals surface area contributed by atoms with Crippen LogP contribution in [0.1, 0.15) is 19.5 Å². The van der Waals surface area contributed by atoms with Crippen molar-refractivity contribution in [3.8, 4) is 22.8 Å². The molecule has 4 aromatic rings. The van der Waals surface area contributed by atoms with E-state index in [0.717, 1.165) is 40.9 Å². The van der Waals surface area contributed by atoms with Crippen LogP contribution in [-0.2, 0) is 12.8 Å². The maximum atomic E-state index is 13.1. The first-order valence-corrected chi connectivity index (χ1v) is 11.2. The fourth-order valence-electron chi connectivity index (χ4n) is 3.34. The van der Waals surface area contributed by atoms with Gasteiger partial charge in [0.2, 0.25) is 5.89 Å². The first kappa shape index (κ1) is 21.1. The molecule has 0 fully saturated rings. The van der Waals surface area contributed by atoms with Gasteiger partial charge in [-0.1, -0.05) is 11.8 Å². The molecule has 0 unspecified atom stereocenters. The third kappa shape index (κ3) is 4.64. The Morgan fingerprint density at radius 3 is 2.32 bits per heavy atom. The molecule has 2 heterocycles. The second-order valence-corrected chi connectivity index (χ2v) is 7.97. The molecule has 31 heavy (non-hydrogen) atoms. The summed E-state index contributed by atoms with van der Waals surface area (Å²) in [6.45, 7) is 6.26. The lowest BCUT2D eigenvalue weighted by atomic mass is 10.2. The number of aromatic nitrogens is 4. The molecule has 160 valence electrons. The Kier molecular flexibility index (Phi) is 6.36. The van der Waals surface area contributed by atoms with Gasteiger partial charge in [-0.3, -0.25) is 0 Å². The van der Waals surface area contributed by atoms with Crippen LogP contribution in [0, 0.1) is 5.82 Å². The summed E-state index contributed by atoms with van der Waals surface area (Å²) in [7, 11) is 1.96. The van der Waals surface area contributed by atoms with E-state index in [1.165, 1.54) is 17.8 Å². The largest absolute Gasteiger partial charge is 0.444 e. The number of anilines is 1. The Balaban J connectivity index is 1.44. The molecule has 2 aromatic carbocycles. The average Bonchev–Trinajstić information content (AvgIpc) is 3.41. The molecular formula is C23H24FN5OS. The minimum absolute atomic E-state index is 0.285. The maximum absolute atomic E-state index is 13.1. The molecule has 8 heteroatoms. The van der Waals surface area contributed by atoms with Crippen molar-refractivity contribution in [2.45, 2.75) is 24.8 Å². The summed E-state index contributed by atoms with van der Waals surface area (Å²) in [4.78, 5) is 6.80. The highest BCUT2D eigenvalue weighted by Crippen LogP contribution is 2.27. The number of rotatable bonds is 8. The Hall–Kier alpha value is -3.13. The molecule has 0 aliphatic heterocycles. The number of hydrogen-bond acceptors (Lipinski definition) is 6. The van der Waals surface area contributed by atoms with Crippen LogP contribution in [0.3, 0.4) is 0 Å². The number of thioether (sulfide) groups is 1. The molecule has 0 aliphatic rings. The van der Waals surface area contributed by atoms with Gasteiger partial charge in [-0.25, -0.2) is 9.37 Å². The van der Waals surface area contributed by atoms with Crippen LogP contribution in [0.5, 0.6) is 0 Å². The van der Waals surface area contributed by atoms with E-state index in [2.05, 4.69) is 58.2 Å². The van der Waals surface area contributed by atoms with Gasteiger partial charge >= 0.3 is 0 Å². The van der Waals surface area contributed by atoms with Gasteiger partial charge in [-0.15, -0.1) is 10.2 Å². The SMILES string of the molecule is CCN(CC)c1ccc(-c2nnc(SCc3coc(-c4ccc(F)cc4)n3)n2C)cc1. The van der Waals surface area contributed by atoms with E-state index in [1.807, 2.05) is 11.6 Å². The molecule has 0 bridgehead atoms. The highest BCUT2D eigenvalue weighted by molar-refractivity contribution is 7.98. The lowest BCUT2D eigenvalue weighted by Gasteiger charge is -2.21. The van der Waals surface area contributed by atoms with Crippen LogP contribution < -0.4 is 4.90 Å². The first-order valence-electron chi connectivity index (χ1n) is 10.2. The summed E-state index contributed by atoms with van der Waals surface area (Å²) in [5.74, 6) is 1.60. The molecular weight excluding hydrogens is 413 g/mol. The summed E-state index contributed by atoms with van der Waals surface area (Å²) < 4.78 is 20.6. The van der Waals surface area contributed by atoms with Crippen LogP contribution in [0.4, 0.5) is 10.1 Å². The third-order valence-electron chi connectivity index (χ3n) is 5.08. The second kappa shape index (κ2) is 9.34. The van der Waals surface area contributed by atoms with Gasteiger partial charge in [0.1, 0.15) is 12.1 Å². The quantitative estimate of drug-likeness (QED) is 0.343. The van der Waals surface area contributed by atoms with Gasteiger partial charge < -0.3 is 13.9 Å². The van der Waals surface area contributed by atoms with Crippen molar-refractivity contribution >= 4 is 17.4 Å². The standard InChI is InChI=1S/C23H24FN5OS/c1-4-29(5-2)20-12-8-16(9-13-20)21-26-27-23(28(21)3)31-15-19-14-30-22(25-19)17-6-10-18(24)11-7-17/h6-14H,4-5,15H2,1-3H3. The number of hydrogen-bond donors (Lipinski definition) is 0. The highest BCUT2D eigenvalue weighted by atomic mass is 32.2. The minimum Gasteiger partial charge on any atom is -0.444 e. The lowest BCUT2D eigenvalue weighted by molar-refractivity contribution is 0.572. The summed E-state index contributed by atoms with van der Waals surface area (Å²) in [5, 5.41) is 9.51. The number of halogens is 1. The molecule has 6 nitrogen and oxygen atoms in total. The summed E-state index contributed by atoms with van der Waals surface area (Å²) in [6, 6.07) is 14.5. The molecule has 0 aliphatic carbocycles. The predicted molar refractivity (Wildman–Crippen MR) is 121 cm³/mol. The number of benzene rings is 2. The van der Waals surface area contributed by atoms with Crippen molar-refractivity contribution in [3.05, 3.63) is 66.3 Å². The van der Waals surface area contributed by atoms with Crippen LogP contribution >= 0.6 is 11.8 Å². The van der Waals surface area contributed by atoms with Crippen LogP contribution in [0.25, 0.3) is 22.8 Å². The summed E-state index contributed by atoms with van der Waals surface area (Å²) in [5.41, 5.74) is 3.76. The first-order chi connectivity index (χ1) is 15.1. The second-order valence-electron chi connectivity index (χ2n) is 7.02. The summed E-state index contributed by atoms with van der Waals surface area (Å²) in [6.07, 6.45) is 1.62. The zero-order valence-corrected chi connectivity index (χ0v) is 18.6. The number of nitrogens with zero attached hydrogens (tertiary/aromatic N) is 5. The molecule has 2 aromatic heterocycles. The van der Waals surface area contributed by atoms with Crippen molar-refractivity contribution in [2.24, 2.45) is 7.05 Å². The van der Waals surface area contributed by atoms with E-state index >= 15 is 0 Å². The van der Waals surface area contributed by atoms with E-state index in [0.29, 0.717) is 11.6 Å². The van der Waals surface area contributed by atoms with Crippen molar-refractivity contribution < 1.29 is 8.81 Å². The zero-order valence-electron chi connectivity index (χ0n) is 17.7. The predicted octanol–water partition coefficient (Wildman–Crippen LogP) is 5.41. The molecule has 0 saturated heterocycles. The molecule has 0 N–H and O–H groups in total. The molecule has 0 radical (unpaired) electrons. The Morgan fingerprint density at radius 1 is 0.968 bits per heavy atom. The van der Waals surface area contributed by atoms with Crippen LogP contribution in [0.2, 0.25) is 0 Å². The van der Waals surface area contributed by atoms with Gasteiger partial charge in [0.05, 0.1) is 5.69 Å². The smallest absolute Gasteiger partial charge is 0.226 e. The van der Waals surface area contributed by atoms with Crippen molar-refractivity contribution in [2.75, 3.05) is 18.0 Å². The maximum Gasteiger partial charge on any atom is 0.226 e. The fourth-order valence-corrected chi connectivity index (χ4v) is 4.13. The molecule has 0 amide bonds. The van der Waals surface area contributed by atoms with E-state index < -0.39 is 0 Å². The number of oxazole rings is 1. The summed E-state index contributed by atoms with van der Waals surface area (Å²) >= 11 is 1.54. The van der Waals surface area contributed by atoms with Gasteiger partial charge in [-0.2, -0.15) is 0 Å². The molecule has 0 atom stereocenters. The average molecular weight is 438 g/mol. The third-order valence-corrected chi connectivity index (χ3v) is 6.13. The molecule has 0 saturated carbocycles. The van der Waals surface area contributed by atoms with Crippen molar-refractivity contribution in [3.63, 3.8) is 0 Å². The van der Waals surface area contributed by atoms with E-state index in [4.69, 9.17) is 4.42 Å². The van der Waals surface area contributed by atoms with E-state index in [1.54, 1.807) is 30.2 Å². The topological polar surface area (TPSA) is 60.0 Å². The zero-order chi connectivity index (χ0) is 21.8. The lowest BCUT2D eigenvalue weighted by Crippen LogP contribution is -2.21. The highest BCUT2D eigenvalue weighted by Gasteiger charge is 2.14. The van der Waals surface area contributed by atoms with Gasteiger partial charge in [0.15, 0.2) is 11.0 Å². The Morgan fingerprint density at radius 2 is 1.65 bits per heavy atom. The fraction of sp³-hybridized carbons (Fsp3) is 0.261. The normalized spacial score (nSPS) is 11.1. The van der Waals surface area contributed by atoms with E-state index in [-0.39, 0.29) is 5.82 Å². The van der Waals surface area contributed by atoms with Crippen LogP contribution in [0.15, 0.2) is 64.4 Å². The Bertz CT molecular complexity index is 1130. The van der Waals surface area contributed by atoms with Crippen LogP contribution in [-0.4, -0.2) is 32.8 Å². The molecule has 0 spiro atoms. The van der Waals surface area contributed by atoms with Crippen molar-refractivity contribution in [1.29, 1.82) is 0 Å². The van der Waals surface area contributed by atoms with Gasteiger partial charge in [0, 0.05) is 42.7 Å². The van der Waals surface area contributed by atoms with Gasteiger partial charge in [0.25, 0.3) is 0 Å². The minimum atomic E-state index is -0.285. The van der Waals surface area contributed by atoms with Crippen molar-refractivity contribution in [1.82, 2.24) is 19.7 Å².